The number of nitrogens with one attached hydrogen (secondary N) is 1. The van der Waals surface area contributed by atoms with Crippen molar-refractivity contribution < 1.29 is 45.1 Å². The molecule has 0 aliphatic rings. The molecule has 0 spiro atoms. The summed E-state index contributed by atoms with van der Waals surface area (Å²) in [6, 6.07) is 2.05. The van der Waals surface area contributed by atoms with Gasteiger partial charge in [-0.25, -0.2) is 5.43 Å². The van der Waals surface area contributed by atoms with Crippen LogP contribution in [0.3, 0.4) is 0 Å². The molecule has 0 aliphatic heterocycles. The fraction of sp³-hybridized carbons (Fsp3) is 0.316. The van der Waals surface area contributed by atoms with E-state index in [-0.39, 0.29) is 41.0 Å². The Kier molecular flexibility index (Phi) is 8.18. The summed E-state index contributed by atoms with van der Waals surface area (Å²) in [5, 5.41) is 13.5. The van der Waals surface area contributed by atoms with Crippen LogP contribution in [0.2, 0.25) is 5.02 Å². The van der Waals surface area contributed by atoms with Gasteiger partial charge in [0.25, 0.3) is 5.69 Å². The third-order valence-corrected chi connectivity index (χ3v) is 4.29. The molecular formula is C19H15ClF7N3O4. The Bertz CT molecular complexity index is 1060. The van der Waals surface area contributed by atoms with Gasteiger partial charge in [0.15, 0.2) is 11.5 Å². The lowest BCUT2D eigenvalue weighted by Gasteiger charge is -2.27. The number of rotatable bonds is 10. The monoisotopic (exact) mass is 517 g/mol. The number of halogens is 8. The molecule has 34 heavy (non-hydrogen) atoms. The Morgan fingerprint density at radius 3 is 2.38 bits per heavy atom. The van der Waals surface area contributed by atoms with E-state index in [0.717, 1.165) is 12.1 Å². The van der Waals surface area contributed by atoms with Gasteiger partial charge in [0, 0.05) is 12.1 Å². The van der Waals surface area contributed by atoms with Crippen molar-refractivity contribution in [3.05, 3.63) is 62.7 Å². The minimum atomic E-state index is -6.51. The summed E-state index contributed by atoms with van der Waals surface area (Å²) >= 11 is 6.11. The van der Waals surface area contributed by atoms with Crippen LogP contribution in [-0.2, 0) is 6.61 Å². The fourth-order valence-electron chi connectivity index (χ4n) is 2.42. The standard InChI is InChI=1S/C19H15ClF7N3O4/c1-2-33-15-8-12(9-28-29-19(26,27)17(21,22)18(23,24)25)7-14(20)16(15)34-10-11-4-3-5-13(6-11)30(31)32/h3-9,29H,2,10H2,1H3/b28-9+. The van der Waals surface area contributed by atoms with Crippen molar-refractivity contribution in [3.63, 3.8) is 0 Å². The highest BCUT2D eigenvalue weighted by atomic mass is 35.5. The maximum absolute atomic E-state index is 13.3. The maximum atomic E-state index is 13.3. The molecule has 0 bridgehead atoms. The third kappa shape index (κ3) is 6.18. The summed E-state index contributed by atoms with van der Waals surface area (Å²) in [5.74, 6) is -6.45. The molecule has 186 valence electrons. The van der Waals surface area contributed by atoms with E-state index in [1.54, 1.807) is 13.0 Å². The molecule has 1 N–H and O–H groups in total. The zero-order valence-electron chi connectivity index (χ0n) is 17.0. The second kappa shape index (κ2) is 10.3. The summed E-state index contributed by atoms with van der Waals surface area (Å²) in [5.41, 5.74) is 0.630. The number of ether oxygens (including phenoxy) is 2. The van der Waals surface area contributed by atoms with Crippen molar-refractivity contribution in [2.45, 2.75) is 31.7 Å². The normalized spacial score (nSPS) is 12.6. The van der Waals surface area contributed by atoms with E-state index >= 15 is 0 Å². The summed E-state index contributed by atoms with van der Waals surface area (Å²) in [6.45, 7) is 1.49. The molecule has 2 aromatic carbocycles. The lowest BCUT2D eigenvalue weighted by molar-refractivity contribution is -0.384. The fourth-order valence-corrected chi connectivity index (χ4v) is 2.69. The van der Waals surface area contributed by atoms with Gasteiger partial charge >= 0.3 is 18.1 Å². The molecule has 0 heterocycles. The lowest BCUT2D eigenvalue weighted by Crippen LogP contribution is -2.58. The number of benzene rings is 2. The molecule has 0 amide bonds. The number of alkyl halides is 7. The van der Waals surface area contributed by atoms with Crippen LogP contribution in [0.1, 0.15) is 18.1 Å². The second-order valence-electron chi connectivity index (χ2n) is 6.50. The summed E-state index contributed by atoms with van der Waals surface area (Å²) in [6.07, 6.45) is -5.98. The van der Waals surface area contributed by atoms with Crippen LogP contribution < -0.4 is 14.9 Å². The first-order chi connectivity index (χ1) is 15.7. The Labute approximate surface area is 192 Å². The Balaban J connectivity index is 2.23. The van der Waals surface area contributed by atoms with Crippen LogP contribution >= 0.6 is 11.6 Å². The van der Waals surface area contributed by atoms with E-state index in [2.05, 4.69) is 5.10 Å². The van der Waals surface area contributed by atoms with E-state index in [1.807, 2.05) is 0 Å². The number of hydrazone groups is 1. The minimum Gasteiger partial charge on any atom is -0.490 e. The number of hydrogen-bond donors (Lipinski definition) is 1. The molecule has 0 atom stereocenters. The van der Waals surface area contributed by atoms with Gasteiger partial charge in [-0.05, 0) is 30.2 Å². The van der Waals surface area contributed by atoms with Crippen molar-refractivity contribution in [2.24, 2.45) is 5.10 Å². The smallest absolute Gasteiger partial charge is 0.462 e. The van der Waals surface area contributed by atoms with E-state index in [9.17, 15) is 40.8 Å². The van der Waals surface area contributed by atoms with Crippen molar-refractivity contribution in [1.29, 1.82) is 0 Å². The van der Waals surface area contributed by atoms with Crippen molar-refractivity contribution in [3.8, 4) is 11.5 Å². The van der Waals surface area contributed by atoms with Gasteiger partial charge in [0.2, 0.25) is 0 Å². The van der Waals surface area contributed by atoms with Gasteiger partial charge in [-0.15, -0.1) is 0 Å². The third-order valence-electron chi connectivity index (χ3n) is 4.01. The summed E-state index contributed by atoms with van der Waals surface area (Å²) in [7, 11) is 0. The first-order valence-corrected chi connectivity index (χ1v) is 9.52. The van der Waals surface area contributed by atoms with Crippen molar-refractivity contribution in [2.75, 3.05) is 6.61 Å². The highest BCUT2D eigenvalue weighted by Gasteiger charge is 2.73. The molecular weight excluding hydrogens is 503 g/mol. The SMILES string of the molecule is CCOc1cc(/C=N/NC(F)(F)C(F)(F)C(F)(F)F)cc(Cl)c1OCc1cccc([N+](=O)[O-])c1. The molecule has 0 fully saturated rings. The van der Waals surface area contributed by atoms with Gasteiger partial charge in [-0.2, -0.15) is 35.8 Å². The number of nitro groups is 1. The average Bonchev–Trinajstić information content (AvgIpc) is 2.72. The first kappa shape index (κ1) is 27.0. The molecule has 2 rings (SSSR count). The van der Waals surface area contributed by atoms with Gasteiger partial charge < -0.3 is 9.47 Å². The van der Waals surface area contributed by atoms with Crippen LogP contribution in [0.5, 0.6) is 11.5 Å². The molecule has 2 aromatic rings. The van der Waals surface area contributed by atoms with Crippen LogP contribution in [0.15, 0.2) is 41.5 Å². The molecule has 0 saturated carbocycles. The van der Waals surface area contributed by atoms with Crippen LogP contribution in [0, 0.1) is 10.1 Å². The number of nitrogens with zero attached hydrogens (tertiary/aromatic N) is 2. The Morgan fingerprint density at radius 1 is 1.12 bits per heavy atom. The van der Waals surface area contributed by atoms with Crippen LogP contribution in [-0.4, -0.2) is 35.9 Å². The first-order valence-electron chi connectivity index (χ1n) is 9.14. The minimum absolute atomic E-state index is 0.0331. The molecule has 7 nitrogen and oxygen atoms in total. The molecule has 0 unspecified atom stereocenters. The van der Waals surface area contributed by atoms with Crippen molar-refractivity contribution >= 4 is 23.5 Å². The number of nitro benzene ring substituents is 1. The largest absolute Gasteiger partial charge is 0.490 e. The average molecular weight is 518 g/mol. The zero-order chi connectivity index (χ0) is 25.7. The van der Waals surface area contributed by atoms with Gasteiger partial charge in [0.05, 0.1) is 22.8 Å². The highest BCUT2D eigenvalue weighted by Crippen LogP contribution is 2.45. The van der Waals surface area contributed by atoms with Crippen LogP contribution in [0.4, 0.5) is 36.4 Å². The second-order valence-corrected chi connectivity index (χ2v) is 6.90. The molecule has 0 radical (unpaired) electrons. The lowest BCUT2D eigenvalue weighted by atomic mass is 10.2. The Hall–Kier alpha value is -3.29. The molecule has 0 aliphatic carbocycles. The summed E-state index contributed by atoms with van der Waals surface area (Å²) < 4.78 is 99.8. The quantitative estimate of drug-likeness (QED) is 0.139. The molecule has 0 saturated heterocycles. The highest BCUT2D eigenvalue weighted by molar-refractivity contribution is 6.32. The van der Waals surface area contributed by atoms with E-state index in [0.29, 0.717) is 17.2 Å². The zero-order valence-corrected chi connectivity index (χ0v) is 17.8. The predicted octanol–water partition coefficient (Wildman–Crippen LogP) is 5.94. The van der Waals surface area contributed by atoms with Gasteiger partial charge in [0.1, 0.15) is 6.61 Å². The number of non-ortho nitro benzene ring substituents is 1. The maximum Gasteiger partial charge on any atom is 0.462 e. The van der Waals surface area contributed by atoms with E-state index in [1.165, 1.54) is 18.2 Å². The van der Waals surface area contributed by atoms with Gasteiger partial charge in [-0.3, -0.25) is 10.1 Å². The topological polar surface area (TPSA) is 86.0 Å². The predicted molar refractivity (Wildman–Crippen MR) is 107 cm³/mol. The number of hydrogen-bond acceptors (Lipinski definition) is 6. The van der Waals surface area contributed by atoms with E-state index < -0.39 is 23.1 Å². The van der Waals surface area contributed by atoms with Crippen LogP contribution in [0.25, 0.3) is 0 Å². The molecule has 0 aromatic heterocycles. The Morgan fingerprint density at radius 2 is 1.79 bits per heavy atom. The van der Waals surface area contributed by atoms with Gasteiger partial charge in [-0.1, -0.05) is 23.7 Å². The van der Waals surface area contributed by atoms with Crippen molar-refractivity contribution in [1.82, 2.24) is 5.43 Å². The summed E-state index contributed by atoms with van der Waals surface area (Å²) in [4.78, 5) is 10.3. The van der Waals surface area contributed by atoms with E-state index in [4.69, 9.17) is 21.1 Å². The molecule has 15 heteroatoms.